The molecule has 144 valence electrons. The lowest BCUT2D eigenvalue weighted by Crippen LogP contribution is -2.03. The lowest BCUT2D eigenvalue weighted by molar-refractivity contribution is 0.924. The van der Waals surface area contributed by atoms with Crippen molar-refractivity contribution in [3.63, 3.8) is 0 Å². The molecule has 0 saturated heterocycles. The maximum atomic E-state index is 11.2. The van der Waals surface area contributed by atoms with Crippen LogP contribution in [-0.4, -0.2) is 9.97 Å². The van der Waals surface area contributed by atoms with E-state index < -0.39 is 0 Å². The summed E-state index contributed by atoms with van der Waals surface area (Å²) in [5, 5.41) is 0. The number of aromatic nitrogens is 2. The van der Waals surface area contributed by atoms with Crippen molar-refractivity contribution in [1.82, 2.24) is 9.97 Å². The highest BCUT2D eigenvalue weighted by Crippen LogP contribution is 2.18. The monoisotopic (exact) mass is 380 g/mol. The van der Waals surface area contributed by atoms with Crippen LogP contribution in [0.4, 0.5) is 0 Å². The van der Waals surface area contributed by atoms with Crippen LogP contribution >= 0.6 is 0 Å². The van der Waals surface area contributed by atoms with Crippen molar-refractivity contribution in [2.45, 2.75) is 25.7 Å². The molecule has 0 aliphatic heterocycles. The maximum Gasteiger partial charge on any atom is 0.247 e. The topological polar surface area (TPSA) is 45.8 Å². The summed E-state index contributed by atoms with van der Waals surface area (Å²) in [5.41, 5.74) is 7.29. The van der Waals surface area contributed by atoms with E-state index in [1.165, 1.54) is 16.7 Å². The van der Waals surface area contributed by atoms with Gasteiger partial charge in [0.25, 0.3) is 0 Å². The number of hydrogen-bond acceptors (Lipinski definition) is 2. The summed E-state index contributed by atoms with van der Waals surface area (Å²) in [6, 6.07) is 27.0. The zero-order valence-corrected chi connectivity index (χ0v) is 16.3. The Morgan fingerprint density at radius 3 is 2.00 bits per heavy atom. The SMILES string of the molecule is O=c1ccc(CCc2cccc(CCc3ccc(-c4ccccn4)cc3)c2)c[nH]1. The number of aromatic amines is 1. The highest BCUT2D eigenvalue weighted by atomic mass is 16.1. The van der Waals surface area contributed by atoms with Crippen molar-refractivity contribution < 1.29 is 0 Å². The highest BCUT2D eigenvalue weighted by Gasteiger charge is 2.02. The number of hydrogen-bond donors (Lipinski definition) is 1. The fourth-order valence-corrected chi connectivity index (χ4v) is 3.49. The van der Waals surface area contributed by atoms with Crippen LogP contribution in [0.3, 0.4) is 0 Å². The van der Waals surface area contributed by atoms with Gasteiger partial charge in [0, 0.05) is 24.0 Å². The molecule has 0 unspecified atom stereocenters. The van der Waals surface area contributed by atoms with E-state index in [0.717, 1.165) is 42.5 Å². The van der Waals surface area contributed by atoms with Gasteiger partial charge >= 0.3 is 0 Å². The van der Waals surface area contributed by atoms with Gasteiger partial charge in [0.2, 0.25) is 5.56 Å². The van der Waals surface area contributed by atoms with Crippen LogP contribution in [-0.2, 0) is 25.7 Å². The van der Waals surface area contributed by atoms with E-state index in [1.807, 2.05) is 30.5 Å². The molecule has 4 aromatic rings. The molecule has 2 aromatic carbocycles. The van der Waals surface area contributed by atoms with Gasteiger partial charge in [-0.15, -0.1) is 0 Å². The summed E-state index contributed by atoms with van der Waals surface area (Å²) in [4.78, 5) is 18.3. The maximum absolute atomic E-state index is 11.2. The largest absolute Gasteiger partial charge is 0.329 e. The minimum Gasteiger partial charge on any atom is -0.329 e. The van der Waals surface area contributed by atoms with Crippen LogP contribution in [0.15, 0.2) is 96.1 Å². The van der Waals surface area contributed by atoms with E-state index in [-0.39, 0.29) is 5.56 Å². The summed E-state index contributed by atoms with van der Waals surface area (Å²) >= 11 is 0. The molecule has 0 spiro atoms. The van der Waals surface area contributed by atoms with Crippen molar-refractivity contribution in [3.05, 3.63) is 124 Å². The average Bonchev–Trinajstić information content (AvgIpc) is 2.79. The summed E-state index contributed by atoms with van der Waals surface area (Å²) < 4.78 is 0. The van der Waals surface area contributed by atoms with Crippen molar-refractivity contribution in [2.75, 3.05) is 0 Å². The first-order valence-corrected chi connectivity index (χ1v) is 10.0. The molecule has 3 heteroatoms. The second kappa shape index (κ2) is 9.16. The van der Waals surface area contributed by atoms with Gasteiger partial charge in [-0.05, 0) is 60.1 Å². The average molecular weight is 380 g/mol. The van der Waals surface area contributed by atoms with Gasteiger partial charge in [0.1, 0.15) is 0 Å². The number of benzene rings is 2. The molecular weight excluding hydrogens is 356 g/mol. The Hall–Kier alpha value is -3.46. The predicted molar refractivity (Wildman–Crippen MR) is 118 cm³/mol. The van der Waals surface area contributed by atoms with Crippen LogP contribution in [0.2, 0.25) is 0 Å². The molecule has 0 aliphatic rings. The normalized spacial score (nSPS) is 10.8. The Kier molecular flexibility index (Phi) is 5.96. The van der Waals surface area contributed by atoms with Gasteiger partial charge in [0.05, 0.1) is 5.69 Å². The summed E-state index contributed by atoms with van der Waals surface area (Å²) in [6.07, 6.45) is 7.57. The van der Waals surface area contributed by atoms with Crippen LogP contribution in [0, 0.1) is 0 Å². The van der Waals surface area contributed by atoms with E-state index in [0.29, 0.717) is 0 Å². The van der Waals surface area contributed by atoms with Gasteiger partial charge in [-0.1, -0.05) is 60.7 Å². The van der Waals surface area contributed by atoms with E-state index in [1.54, 1.807) is 12.3 Å². The minimum absolute atomic E-state index is 0.0520. The molecule has 1 N–H and O–H groups in total. The first kappa shape index (κ1) is 18.9. The molecule has 2 aromatic heterocycles. The molecular formula is C26H24N2O. The number of nitrogens with one attached hydrogen (secondary N) is 1. The van der Waals surface area contributed by atoms with Crippen molar-refractivity contribution in [2.24, 2.45) is 0 Å². The Balaban J connectivity index is 1.34. The summed E-state index contributed by atoms with van der Waals surface area (Å²) in [6.45, 7) is 0. The lowest BCUT2D eigenvalue weighted by atomic mass is 9.99. The number of rotatable bonds is 7. The molecule has 0 fully saturated rings. The zero-order valence-electron chi connectivity index (χ0n) is 16.3. The second-order valence-corrected chi connectivity index (χ2v) is 7.29. The molecule has 2 heterocycles. The quantitative estimate of drug-likeness (QED) is 0.490. The number of nitrogens with zero attached hydrogens (tertiary/aromatic N) is 1. The van der Waals surface area contributed by atoms with Gasteiger partial charge in [-0.25, -0.2) is 0 Å². The molecule has 0 radical (unpaired) electrons. The van der Waals surface area contributed by atoms with E-state index in [9.17, 15) is 4.79 Å². The van der Waals surface area contributed by atoms with E-state index in [2.05, 4.69) is 58.5 Å². The van der Waals surface area contributed by atoms with Gasteiger partial charge < -0.3 is 4.98 Å². The Labute approximate surface area is 171 Å². The second-order valence-electron chi connectivity index (χ2n) is 7.29. The van der Waals surface area contributed by atoms with Crippen molar-refractivity contribution >= 4 is 0 Å². The number of H-pyrrole nitrogens is 1. The van der Waals surface area contributed by atoms with Crippen molar-refractivity contribution in [1.29, 1.82) is 0 Å². The first-order chi connectivity index (χ1) is 14.3. The molecule has 0 bridgehead atoms. The number of aryl methyl sites for hydroxylation is 4. The molecule has 0 atom stereocenters. The third kappa shape index (κ3) is 5.29. The lowest BCUT2D eigenvalue weighted by Gasteiger charge is -2.07. The summed E-state index contributed by atoms with van der Waals surface area (Å²) in [5.74, 6) is 0. The third-order valence-electron chi connectivity index (χ3n) is 5.16. The van der Waals surface area contributed by atoms with E-state index in [4.69, 9.17) is 0 Å². The van der Waals surface area contributed by atoms with Crippen LogP contribution in [0.25, 0.3) is 11.3 Å². The van der Waals surface area contributed by atoms with Crippen LogP contribution < -0.4 is 5.56 Å². The standard InChI is InChI=1S/C26H24N2O/c29-26-16-13-23(19-28-26)10-9-22-5-3-4-21(18-22)8-7-20-11-14-24(15-12-20)25-6-1-2-17-27-25/h1-6,11-19H,7-10H2,(H,28,29). The van der Waals surface area contributed by atoms with Gasteiger partial charge in [-0.2, -0.15) is 0 Å². The fraction of sp³-hybridized carbons (Fsp3) is 0.154. The Morgan fingerprint density at radius 1 is 0.655 bits per heavy atom. The highest BCUT2D eigenvalue weighted by molar-refractivity contribution is 5.59. The minimum atomic E-state index is -0.0520. The number of pyridine rings is 2. The Morgan fingerprint density at radius 2 is 1.34 bits per heavy atom. The molecule has 0 amide bonds. The molecule has 4 rings (SSSR count). The first-order valence-electron chi connectivity index (χ1n) is 10.0. The predicted octanol–water partition coefficient (Wildman–Crippen LogP) is 5.01. The third-order valence-corrected chi connectivity index (χ3v) is 5.16. The zero-order chi connectivity index (χ0) is 19.9. The van der Waals surface area contributed by atoms with Crippen LogP contribution in [0.1, 0.15) is 22.3 Å². The Bertz CT molecular complexity index is 1090. The molecule has 29 heavy (non-hydrogen) atoms. The fourth-order valence-electron chi connectivity index (χ4n) is 3.49. The molecule has 3 nitrogen and oxygen atoms in total. The van der Waals surface area contributed by atoms with Gasteiger partial charge in [0.15, 0.2) is 0 Å². The molecule has 0 aliphatic carbocycles. The van der Waals surface area contributed by atoms with Gasteiger partial charge in [-0.3, -0.25) is 9.78 Å². The van der Waals surface area contributed by atoms with Crippen LogP contribution in [0.5, 0.6) is 0 Å². The summed E-state index contributed by atoms with van der Waals surface area (Å²) in [7, 11) is 0. The smallest absolute Gasteiger partial charge is 0.247 e. The van der Waals surface area contributed by atoms with Crippen molar-refractivity contribution in [3.8, 4) is 11.3 Å². The van der Waals surface area contributed by atoms with E-state index >= 15 is 0 Å². The molecule has 0 saturated carbocycles.